The highest BCUT2D eigenvalue weighted by molar-refractivity contribution is 5.32. The lowest BCUT2D eigenvalue weighted by atomic mass is 10.0. The fourth-order valence-electron chi connectivity index (χ4n) is 1.46. The molecule has 0 N–H and O–H groups in total. The Bertz CT molecular complexity index is 256. The first-order valence-electron chi connectivity index (χ1n) is 4.16. The zero-order valence-electron chi connectivity index (χ0n) is 8.10. The van der Waals surface area contributed by atoms with Gasteiger partial charge in [-0.25, -0.2) is 0 Å². The lowest BCUT2D eigenvalue weighted by molar-refractivity contribution is 0.840. The van der Waals surface area contributed by atoms with E-state index in [-0.39, 0.29) is 0 Å². The minimum Gasteiger partial charge on any atom is -0.354 e. The zero-order valence-corrected chi connectivity index (χ0v) is 8.10. The average molecular weight is 151 g/mol. The smallest absolute Gasteiger partial charge is 0.0172 e. The summed E-state index contributed by atoms with van der Waals surface area (Å²) >= 11 is 0. The lowest BCUT2D eigenvalue weighted by Gasteiger charge is -2.02. The number of hydrogen-bond acceptors (Lipinski definition) is 0. The normalized spacial score (nSPS) is 11.1. The molecule has 0 aliphatic rings. The summed E-state index contributed by atoms with van der Waals surface area (Å²) in [6.45, 7) is 8.84. The molecular formula is C10H17N. The summed E-state index contributed by atoms with van der Waals surface area (Å²) in [7, 11) is 2.11. The fraction of sp³-hybridized carbons (Fsp3) is 0.600. The first kappa shape index (κ1) is 8.38. The van der Waals surface area contributed by atoms with Gasteiger partial charge in [0, 0.05) is 18.9 Å². The van der Waals surface area contributed by atoms with Gasteiger partial charge in [0.05, 0.1) is 0 Å². The van der Waals surface area contributed by atoms with Crippen molar-refractivity contribution in [3.8, 4) is 0 Å². The predicted octanol–water partition coefficient (Wildman–Crippen LogP) is 2.77. The van der Waals surface area contributed by atoms with Gasteiger partial charge in [0.1, 0.15) is 0 Å². The SMILES string of the molecule is Cc1c(C(C)C)cn(C)c1C. The molecule has 11 heavy (non-hydrogen) atoms. The average Bonchev–Trinajstić information content (AvgIpc) is 2.17. The second-order valence-corrected chi connectivity index (χ2v) is 3.56. The Balaban J connectivity index is 3.19. The van der Waals surface area contributed by atoms with Crippen molar-refractivity contribution >= 4 is 0 Å². The van der Waals surface area contributed by atoms with Crippen LogP contribution in [0.25, 0.3) is 0 Å². The summed E-state index contributed by atoms with van der Waals surface area (Å²) in [6, 6.07) is 0. The Morgan fingerprint density at radius 2 is 1.82 bits per heavy atom. The second kappa shape index (κ2) is 2.72. The van der Waals surface area contributed by atoms with Crippen molar-refractivity contribution in [2.75, 3.05) is 0 Å². The van der Waals surface area contributed by atoms with Gasteiger partial charge in [-0.3, -0.25) is 0 Å². The Kier molecular flexibility index (Phi) is 2.08. The van der Waals surface area contributed by atoms with Gasteiger partial charge in [0.2, 0.25) is 0 Å². The number of nitrogens with zero attached hydrogens (tertiary/aromatic N) is 1. The summed E-state index contributed by atoms with van der Waals surface area (Å²) in [5, 5.41) is 0. The molecule has 0 radical (unpaired) electrons. The fourth-order valence-corrected chi connectivity index (χ4v) is 1.46. The number of hydrogen-bond donors (Lipinski definition) is 0. The maximum Gasteiger partial charge on any atom is 0.0172 e. The molecule has 1 heterocycles. The first-order chi connectivity index (χ1) is 5.04. The van der Waals surface area contributed by atoms with Crippen LogP contribution in [0.1, 0.15) is 36.6 Å². The molecule has 0 atom stereocenters. The van der Waals surface area contributed by atoms with Crippen LogP contribution in [0.5, 0.6) is 0 Å². The number of aryl methyl sites for hydroxylation is 1. The molecule has 0 aliphatic heterocycles. The van der Waals surface area contributed by atoms with Crippen molar-refractivity contribution in [2.24, 2.45) is 7.05 Å². The molecule has 1 rings (SSSR count). The minimum absolute atomic E-state index is 0.648. The molecule has 1 aromatic rings. The van der Waals surface area contributed by atoms with E-state index in [4.69, 9.17) is 0 Å². The first-order valence-corrected chi connectivity index (χ1v) is 4.16. The van der Waals surface area contributed by atoms with Crippen LogP contribution in [0.2, 0.25) is 0 Å². The van der Waals surface area contributed by atoms with Crippen LogP contribution in [-0.2, 0) is 7.05 Å². The van der Waals surface area contributed by atoms with E-state index in [1.807, 2.05) is 0 Å². The van der Waals surface area contributed by atoms with E-state index in [2.05, 4.69) is 45.5 Å². The highest BCUT2D eigenvalue weighted by Crippen LogP contribution is 2.22. The molecule has 0 bridgehead atoms. The predicted molar refractivity (Wildman–Crippen MR) is 49.0 cm³/mol. The van der Waals surface area contributed by atoms with Gasteiger partial charge in [0.25, 0.3) is 0 Å². The molecule has 0 spiro atoms. The van der Waals surface area contributed by atoms with E-state index >= 15 is 0 Å². The third-order valence-corrected chi connectivity index (χ3v) is 2.46. The van der Waals surface area contributed by atoms with Crippen LogP contribution >= 0.6 is 0 Å². The van der Waals surface area contributed by atoms with E-state index in [1.54, 1.807) is 0 Å². The maximum absolute atomic E-state index is 2.24. The third-order valence-electron chi connectivity index (χ3n) is 2.46. The molecule has 62 valence electrons. The minimum atomic E-state index is 0.648. The van der Waals surface area contributed by atoms with Crippen LogP contribution in [0.3, 0.4) is 0 Å². The Morgan fingerprint density at radius 1 is 1.27 bits per heavy atom. The van der Waals surface area contributed by atoms with Crippen molar-refractivity contribution in [1.29, 1.82) is 0 Å². The summed E-state index contributed by atoms with van der Waals surface area (Å²) in [5.74, 6) is 0.648. The van der Waals surface area contributed by atoms with Crippen LogP contribution < -0.4 is 0 Å². The van der Waals surface area contributed by atoms with E-state index in [0.29, 0.717) is 5.92 Å². The molecule has 0 aliphatic carbocycles. The van der Waals surface area contributed by atoms with Gasteiger partial charge < -0.3 is 4.57 Å². The topological polar surface area (TPSA) is 4.93 Å². The van der Waals surface area contributed by atoms with Crippen molar-refractivity contribution in [2.45, 2.75) is 33.6 Å². The van der Waals surface area contributed by atoms with Gasteiger partial charge in [-0.05, 0) is 30.9 Å². The quantitative estimate of drug-likeness (QED) is 0.581. The monoisotopic (exact) mass is 151 g/mol. The molecule has 1 aromatic heterocycles. The summed E-state index contributed by atoms with van der Waals surface area (Å²) < 4.78 is 2.20. The third kappa shape index (κ3) is 1.32. The van der Waals surface area contributed by atoms with Crippen molar-refractivity contribution < 1.29 is 0 Å². The van der Waals surface area contributed by atoms with E-state index in [9.17, 15) is 0 Å². The molecule has 0 fully saturated rings. The summed E-state index contributed by atoms with van der Waals surface area (Å²) in [5.41, 5.74) is 4.31. The number of aromatic nitrogens is 1. The van der Waals surface area contributed by atoms with Crippen LogP contribution in [0.15, 0.2) is 6.20 Å². The molecule has 0 saturated carbocycles. The van der Waals surface area contributed by atoms with Crippen LogP contribution in [-0.4, -0.2) is 4.57 Å². The molecule has 0 aromatic carbocycles. The lowest BCUT2D eigenvalue weighted by Crippen LogP contribution is -1.87. The molecule has 0 saturated heterocycles. The largest absolute Gasteiger partial charge is 0.354 e. The number of rotatable bonds is 1. The van der Waals surface area contributed by atoms with Crippen molar-refractivity contribution in [3.05, 3.63) is 23.0 Å². The Morgan fingerprint density at radius 3 is 2.00 bits per heavy atom. The van der Waals surface area contributed by atoms with Gasteiger partial charge in [-0.1, -0.05) is 13.8 Å². The highest BCUT2D eigenvalue weighted by Gasteiger charge is 2.08. The Labute approximate surface area is 69.0 Å². The standard InChI is InChI=1S/C10H17N/c1-7(2)10-6-11(5)9(4)8(10)3/h6-7H,1-5H3. The molecule has 1 heteroatoms. The van der Waals surface area contributed by atoms with Gasteiger partial charge >= 0.3 is 0 Å². The summed E-state index contributed by atoms with van der Waals surface area (Å²) in [6.07, 6.45) is 2.23. The van der Waals surface area contributed by atoms with E-state index in [0.717, 1.165) is 0 Å². The Hall–Kier alpha value is -0.720. The van der Waals surface area contributed by atoms with Crippen molar-refractivity contribution in [1.82, 2.24) is 4.57 Å². The van der Waals surface area contributed by atoms with Gasteiger partial charge in [0.15, 0.2) is 0 Å². The van der Waals surface area contributed by atoms with Gasteiger partial charge in [-0.15, -0.1) is 0 Å². The van der Waals surface area contributed by atoms with E-state index in [1.165, 1.54) is 16.8 Å². The maximum atomic E-state index is 2.24. The van der Waals surface area contributed by atoms with Gasteiger partial charge in [-0.2, -0.15) is 0 Å². The molecule has 0 unspecified atom stereocenters. The molecular weight excluding hydrogens is 134 g/mol. The van der Waals surface area contributed by atoms with Crippen molar-refractivity contribution in [3.63, 3.8) is 0 Å². The second-order valence-electron chi connectivity index (χ2n) is 3.56. The van der Waals surface area contributed by atoms with Crippen LogP contribution in [0.4, 0.5) is 0 Å². The van der Waals surface area contributed by atoms with Crippen LogP contribution in [0, 0.1) is 13.8 Å². The zero-order chi connectivity index (χ0) is 8.59. The van der Waals surface area contributed by atoms with E-state index < -0.39 is 0 Å². The molecule has 0 amide bonds. The highest BCUT2D eigenvalue weighted by atomic mass is 14.9. The summed E-state index contributed by atoms with van der Waals surface area (Å²) in [4.78, 5) is 0. The molecule has 1 nitrogen and oxygen atoms in total.